The van der Waals surface area contributed by atoms with Crippen molar-refractivity contribution < 1.29 is 14.4 Å². The Labute approximate surface area is 181 Å². The molecule has 0 unspecified atom stereocenters. The molecule has 7 heteroatoms. The van der Waals surface area contributed by atoms with Gasteiger partial charge < -0.3 is 16.0 Å². The number of ketones is 1. The van der Waals surface area contributed by atoms with Crippen molar-refractivity contribution in [3.8, 4) is 0 Å². The Morgan fingerprint density at radius 2 is 1.81 bits per heavy atom. The summed E-state index contributed by atoms with van der Waals surface area (Å²) in [6.45, 7) is 0.337. The zero-order chi connectivity index (χ0) is 21.6. The Balaban J connectivity index is 1.41. The lowest BCUT2D eigenvalue weighted by molar-refractivity contribution is -0.130. The van der Waals surface area contributed by atoms with E-state index in [4.69, 9.17) is 0 Å². The molecular weight excluding hydrogens is 392 g/mol. The Morgan fingerprint density at radius 1 is 1.03 bits per heavy atom. The summed E-state index contributed by atoms with van der Waals surface area (Å²) in [7, 11) is 0. The molecule has 2 amide bonds. The van der Waals surface area contributed by atoms with Crippen LogP contribution in [0, 0.1) is 0 Å². The highest BCUT2D eigenvalue weighted by Gasteiger charge is 2.31. The fraction of sp³-hybridized carbons (Fsp3) is 0.333. The monoisotopic (exact) mass is 418 g/mol. The number of Topliss-reactive ketones (excluding diaryl/α,β-unsaturated/α-hetero) is 1. The molecule has 1 fully saturated rings. The van der Waals surface area contributed by atoms with Crippen LogP contribution >= 0.6 is 0 Å². The molecule has 1 aliphatic heterocycles. The highest BCUT2D eigenvalue weighted by atomic mass is 16.2. The molecule has 160 valence electrons. The normalized spacial score (nSPS) is 21.4. The SMILES string of the molecule is O=C1CC(=O)C(NCc2cccnc2)=C(C(=O)NC2CCC(c3ccccc3)CC2)N1. The second-order valence-corrected chi connectivity index (χ2v) is 8.05. The van der Waals surface area contributed by atoms with Gasteiger partial charge >= 0.3 is 0 Å². The summed E-state index contributed by atoms with van der Waals surface area (Å²) in [4.78, 5) is 41.4. The molecule has 0 atom stereocenters. The minimum atomic E-state index is -0.463. The first-order valence-electron chi connectivity index (χ1n) is 10.7. The van der Waals surface area contributed by atoms with Gasteiger partial charge in [-0.25, -0.2) is 0 Å². The van der Waals surface area contributed by atoms with E-state index in [2.05, 4.69) is 45.2 Å². The molecule has 2 aromatic rings. The van der Waals surface area contributed by atoms with Gasteiger partial charge in [0.1, 0.15) is 11.4 Å². The maximum atomic E-state index is 12.9. The quantitative estimate of drug-likeness (QED) is 0.625. The number of hydrogen-bond donors (Lipinski definition) is 3. The fourth-order valence-corrected chi connectivity index (χ4v) is 4.22. The fourth-order valence-electron chi connectivity index (χ4n) is 4.22. The molecular formula is C24H26N4O3. The van der Waals surface area contributed by atoms with Gasteiger partial charge in [-0.15, -0.1) is 0 Å². The maximum Gasteiger partial charge on any atom is 0.270 e. The average molecular weight is 418 g/mol. The molecule has 1 saturated carbocycles. The summed E-state index contributed by atoms with van der Waals surface area (Å²) in [6, 6.07) is 14.1. The van der Waals surface area contributed by atoms with E-state index >= 15 is 0 Å². The smallest absolute Gasteiger partial charge is 0.270 e. The van der Waals surface area contributed by atoms with Crippen molar-refractivity contribution in [1.82, 2.24) is 20.9 Å². The van der Waals surface area contributed by atoms with Gasteiger partial charge in [-0.05, 0) is 48.8 Å². The highest BCUT2D eigenvalue weighted by Crippen LogP contribution is 2.32. The molecule has 0 spiro atoms. The van der Waals surface area contributed by atoms with Gasteiger partial charge in [-0.3, -0.25) is 19.4 Å². The number of nitrogens with zero attached hydrogens (tertiary/aromatic N) is 1. The summed E-state index contributed by atoms with van der Waals surface area (Å²) in [5, 5.41) is 8.62. The van der Waals surface area contributed by atoms with Crippen molar-refractivity contribution in [1.29, 1.82) is 0 Å². The number of carbonyl (C=O) groups is 3. The summed E-state index contributed by atoms with van der Waals surface area (Å²) in [5.74, 6) is -0.764. The molecule has 2 aliphatic rings. The first kappa shape index (κ1) is 20.8. The van der Waals surface area contributed by atoms with Gasteiger partial charge in [-0.2, -0.15) is 0 Å². The second-order valence-electron chi connectivity index (χ2n) is 8.05. The largest absolute Gasteiger partial charge is 0.376 e. The standard InChI is InChI=1S/C24H26N4O3/c29-20-13-21(30)28-23(22(20)26-15-16-5-4-12-25-14-16)24(31)27-19-10-8-18(9-11-19)17-6-2-1-3-7-17/h1-7,12,14,18-19,26H,8-11,13,15H2,(H,27,31)(H,28,30). The zero-order valence-electron chi connectivity index (χ0n) is 17.3. The Kier molecular flexibility index (Phi) is 6.40. The lowest BCUT2D eigenvalue weighted by Crippen LogP contribution is -2.47. The molecule has 2 heterocycles. The average Bonchev–Trinajstić information content (AvgIpc) is 2.80. The van der Waals surface area contributed by atoms with E-state index in [0.29, 0.717) is 12.5 Å². The summed E-state index contributed by atoms with van der Waals surface area (Å²) in [5.41, 5.74) is 2.37. The predicted octanol–water partition coefficient (Wildman–Crippen LogP) is 2.31. The van der Waals surface area contributed by atoms with Crippen LogP contribution in [0.25, 0.3) is 0 Å². The lowest BCUT2D eigenvalue weighted by atomic mass is 9.82. The molecule has 7 nitrogen and oxygen atoms in total. The van der Waals surface area contributed by atoms with Crippen molar-refractivity contribution in [2.45, 2.75) is 50.6 Å². The third kappa shape index (κ3) is 5.17. The van der Waals surface area contributed by atoms with Crippen molar-refractivity contribution in [2.24, 2.45) is 0 Å². The Hall–Kier alpha value is -3.48. The van der Waals surface area contributed by atoms with Gasteiger partial charge in [-0.1, -0.05) is 36.4 Å². The van der Waals surface area contributed by atoms with Crippen LogP contribution in [-0.4, -0.2) is 28.6 Å². The summed E-state index contributed by atoms with van der Waals surface area (Å²) < 4.78 is 0. The molecule has 0 saturated heterocycles. The van der Waals surface area contributed by atoms with Crippen LogP contribution in [-0.2, 0) is 20.9 Å². The molecule has 0 radical (unpaired) electrons. The van der Waals surface area contributed by atoms with Crippen LogP contribution in [0.5, 0.6) is 0 Å². The number of amides is 2. The van der Waals surface area contributed by atoms with Gasteiger partial charge in [0, 0.05) is 25.0 Å². The van der Waals surface area contributed by atoms with Gasteiger partial charge in [0.25, 0.3) is 5.91 Å². The summed E-state index contributed by atoms with van der Waals surface area (Å²) >= 11 is 0. The zero-order valence-corrected chi connectivity index (χ0v) is 17.3. The number of rotatable bonds is 6. The van der Waals surface area contributed by atoms with E-state index in [1.54, 1.807) is 18.5 Å². The second kappa shape index (κ2) is 9.55. The van der Waals surface area contributed by atoms with Gasteiger partial charge in [0.2, 0.25) is 5.91 Å². The van der Waals surface area contributed by atoms with Gasteiger partial charge in [0.05, 0.1) is 6.42 Å². The van der Waals surface area contributed by atoms with Crippen molar-refractivity contribution in [3.63, 3.8) is 0 Å². The van der Waals surface area contributed by atoms with Crippen molar-refractivity contribution in [3.05, 3.63) is 77.4 Å². The maximum absolute atomic E-state index is 12.9. The molecule has 0 bridgehead atoms. The number of allylic oxidation sites excluding steroid dienone is 1. The van der Waals surface area contributed by atoms with E-state index in [9.17, 15) is 14.4 Å². The number of aromatic nitrogens is 1. The third-order valence-electron chi connectivity index (χ3n) is 5.87. The molecule has 1 aromatic carbocycles. The van der Waals surface area contributed by atoms with Crippen molar-refractivity contribution in [2.75, 3.05) is 0 Å². The molecule has 1 aromatic heterocycles. The highest BCUT2D eigenvalue weighted by molar-refractivity contribution is 6.16. The molecule has 31 heavy (non-hydrogen) atoms. The number of pyridine rings is 1. The van der Waals surface area contributed by atoms with Crippen LogP contribution < -0.4 is 16.0 Å². The minimum absolute atomic E-state index is 0.00956. The topological polar surface area (TPSA) is 100 Å². The van der Waals surface area contributed by atoms with E-state index in [1.807, 2.05) is 12.1 Å². The number of hydrogen-bond acceptors (Lipinski definition) is 5. The Morgan fingerprint density at radius 3 is 2.52 bits per heavy atom. The third-order valence-corrected chi connectivity index (χ3v) is 5.87. The van der Waals surface area contributed by atoms with Crippen molar-refractivity contribution >= 4 is 17.6 Å². The van der Waals surface area contributed by atoms with Gasteiger partial charge in [0.15, 0.2) is 5.78 Å². The van der Waals surface area contributed by atoms with Crippen LogP contribution in [0.3, 0.4) is 0 Å². The number of carbonyl (C=O) groups excluding carboxylic acids is 3. The molecule has 4 rings (SSSR count). The first-order chi connectivity index (χ1) is 15.1. The predicted molar refractivity (Wildman–Crippen MR) is 115 cm³/mol. The minimum Gasteiger partial charge on any atom is -0.376 e. The first-order valence-corrected chi connectivity index (χ1v) is 10.7. The van der Waals surface area contributed by atoms with E-state index in [-0.39, 0.29) is 29.6 Å². The van der Waals surface area contributed by atoms with E-state index in [1.165, 1.54) is 5.56 Å². The van der Waals surface area contributed by atoms with E-state index in [0.717, 1.165) is 31.2 Å². The van der Waals surface area contributed by atoms with Crippen LogP contribution in [0.15, 0.2) is 66.3 Å². The Bertz CT molecular complexity index is 980. The van der Waals surface area contributed by atoms with Crippen LogP contribution in [0.1, 0.15) is 49.1 Å². The molecule has 3 N–H and O–H groups in total. The molecule has 1 aliphatic carbocycles. The van der Waals surface area contributed by atoms with Crippen LogP contribution in [0.4, 0.5) is 0 Å². The summed E-state index contributed by atoms with van der Waals surface area (Å²) in [6.07, 6.45) is 6.79. The van der Waals surface area contributed by atoms with E-state index < -0.39 is 11.8 Å². The number of benzene rings is 1. The number of nitrogens with one attached hydrogen (secondary N) is 3. The van der Waals surface area contributed by atoms with Crippen LogP contribution in [0.2, 0.25) is 0 Å². The lowest BCUT2D eigenvalue weighted by Gasteiger charge is -2.30.